The monoisotopic (exact) mass is 378 g/mol. The first-order valence-corrected chi connectivity index (χ1v) is 9.30. The van der Waals surface area contributed by atoms with Crippen LogP contribution in [0.15, 0.2) is 23.0 Å². The Morgan fingerprint density at radius 2 is 2.04 bits per heavy atom. The molecule has 0 radical (unpaired) electrons. The zero-order chi connectivity index (χ0) is 18.7. The van der Waals surface area contributed by atoms with Gasteiger partial charge in [0, 0.05) is 24.7 Å². The largest absolute Gasteiger partial charge is 0.472 e. The Bertz CT molecular complexity index is 770. The lowest BCUT2D eigenvalue weighted by Crippen LogP contribution is -2.27. The van der Waals surface area contributed by atoms with Crippen molar-refractivity contribution in [3.63, 3.8) is 0 Å². The number of rotatable bonds is 4. The van der Waals surface area contributed by atoms with Crippen LogP contribution in [-0.4, -0.2) is 35.7 Å². The Morgan fingerprint density at radius 3 is 2.65 bits per heavy atom. The van der Waals surface area contributed by atoms with E-state index >= 15 is 0 Å². The molecule has 140 valence electrons. The van der Waals surface area contributed by atoms with E-state index in [-0.39, 0.29) is 11.7 Å². The number of ether oxygens (including phenoxy) is 2. The number of anilines is 1. The van der Waals surface area contributed by atoms with Gasteiger partial charge in [-0.1, -0.05) is 11.3 Å². The third-order valence-electron chi connectivity index (χ3n) is 3.85. The zero-order valence-corrected chi connectivity index (χ0v) is 15.9. The molecular weight excluding hydrogens is 356 g/mol. The normalized spacial score (nSPS) is 15.7. The smallest absolute Gasteiger partial charge is 0.413 e. The number of hydrogen-bond acceptors (Lipinski definition) is 7. The van der Waals surface area contributed by atoms with Crippen molar-refractivity contribution in [1.82, 2.24) is 4.98 Å². The van der Waals surface area contributed by atoms with Gasteiger partial charge in [-0.15, -0.1) is 0 Å². The van der Waals surface area contributed by atoms with Crippen LogP contribution in [0.25, 0.3) is 11.3 Å². The van der Waals surface area contributed by atoms with Gasteiger partial charge in [0.25, 0.3) is 0 Å². The summed E-state index contributed by atoms with van der Waals surface area (Å²) in [4.78, 5) is 30.0. The van der Waals surface area contributed by atoms with Crippen molar-refractivity contribution in [1.29, 1.82) is 0 Å². The van der Waals surface area contributed by atoms with E-state index in [0.717, 1.165) is 11.3 Å². The number of nitrogens with one attached hydrogen (secondary N) is 1. The minimum Gasteiger partial charge on any atom is -0.472 e. The zero-order valence-electron chi connectivity index (χ0n) is 15.0. The van der Waals surface area contributed by atoms with Gasteiger partial charge in [0.2, 0.25) is 0 Å². The molecule has 0 aliphatic carbocycles. The molecule has 1 aliphatic rings. The second-order valence-electron chi connectivity index (χ2n) is 7.09. The number of carbonyl (C=O) groups excluding carboxylic acids is 2. The first-order chi connectivity index (χ1) is 12.3. The standard InChI is InChI=1S/C18H22N2O5S/c1-18(2,3)25-17(22)20-16-19-13(12-6-9-24-10-12)15(26-16)14(21)11-4-7-23-8-5-11/h6,9-11H,4-5,7-8H2,1-3H3,(H,19,20,22). The molecule has 2 aromatic rings. The second kappa shape index (κ2) is 7.59. The average molecular weight is 378 g/mol. The molecule has 8 heteroatoms. The van der Waals surface area contributed by atoms with Gasteiger partial charge in [-0.2, -0.15) is 0 Å². The van der Waals surface area contributed by atoms with E-state index in [4.69, 9.17) is 13.9 Å². The third kappa shape index (κ3) is 4.50. The number of thiazole rings is 1. The van der Waals surface area contributed by atoms with Gasteiger partial charge in [-0.25, -0.2) is 9.78 Å². The predicted molar refractivity (Wildman–Crippen MR) is 97.5 cm³/mol. The van der Waals surface area contributed by atoms with Crippen molar-refractivity contribution < 1.29 is 23.5 Å². The highest BCUT2D eigenvalue weighted by molar-refractivity contribution is 7.18. The Morgan fingerprint density at radius 1 is 1.31 bits per heavy atom. The number of amides is 1. The molecule has 0 spiro atoms. The van der Waals surface area contributed by atoms with Gasteiger partial charge in [0.15, 0.2) is 10.9 Å². The van der Waals surface area contributed by atoms with Crippen LogP contribution in [0, 0.1) is 5.92 Å². The van der Waals surface area contributed by atoms with Crippen LogP contribution >= 0.6 is 11.3 Å². The maximum atomic E-state index is 13.0. The lowest BCUT2D eigenvalue weighted by Gasteiger charge is -2.20. The van der Waals surface area contributed by atoms with Crippen LogP contribution in [-0.2, 0) is 9.47 Å². The quantitative estimate of drug-likeness (QED) is 0.795. The number of aromatic nitrogens is 1. The van der Waals surface area contributed by atoms with Gasteiger partial charge in [0.05, 0.1) is 18.2 Å². The van der Waals surface area contributed by atoms with Crippen molar-refractivity contribution in [2.24, 2.45) is 5.92 Å². The summed E-state index contributed by atoms with van der Waals surface area (Å²) in [5.74, 6) is -0.0662. The molecule has 3 rings (SSSR count). The predicted octanol–water partition coefficient (Wildman–Crippen LogP) is 4.36. The molecule has 3 heterocycles. The molecule has 1 N–H and O–H groups in total. The Balaban J connectivity index is 1.86. The van der Waals surface area contributed by atoms with E-state index in [0.29, 0.717) is 47.3 Å². The molecule has 0 saturated carbocycles. The number of nitrogens with zero attached hydrogens (tertiary/aromatic N) is 1. The number of hydrogen-bond donors (Lipinski definition) is 1. The van der Waals surface area contributed by atoms with Crippen molar-refractivity contribution in [2.45, 2.75) is 39.2 Å². The topological polar surface area (TPSA) is 90.7 Å². The summed E-state index contributed by atoms with van der Waals surface area (Å²) in [5.41, 5.74) is 0.607. The summed E-state index contributed by atoms with van der Waals surface area (Å²) in [5, 5.41) is 2.94. The fourth-order valence-electron chi connectivity index (χ4n) is 2.67. The molecular formula is C18H22N2O5S. The molecule has 1 fully saturated rings. The fourth-order valence-corrected chi connectivity index (χ4v) is 3.66. The molecule has 26 heavy (non-hydrogen) atoms. The highest BCUT2D eigenvalue weighted by atomic mass is 32.1. The summed E-state index contributed by atoms with van der Waals surface area (Å²) >= 11 is 1.16. The van der Waals surface area contributed by atoms with Crippen LogP contribution in [0.1, 0.15) is 43.3 Å². The van der Waals surface area contributed by atoms with E-state index in [1.54, 1.807) is 26.8 Å². The maximum Gasteiger partial charge on any atom is 0.413 e. The lowest BCUT2D eigenvalue weighted by atomic mass is 9.93. The minimum atomic E-state index is -0.616. The molecule has 2 aromatic heterocycles. The molecule has 1 saturated heterocycles. The molecule has 1 aliphatic heterocycles. The Kier molecular flexibility index (Phi) is 5.43. The van der Waals surface area contributed by atoms with Crippen LogP contribution in [0.3, 0.4) is 0 Å². The highest BCUT2D eigenvalue weighted by Crippen LogP contribution is 2.35. The molecule has 1 amide bonds. The van der Waals surface area contributed by atoms with E-state index in [1.807, 2.05) is 0 Å². The van der Waals surface area contributed by atoms with Gasteiger partial charge < -0.3 is 13.9 Å². The van der Waals surface area contributed by atoms with Crippen molar-refractivity contribution in [3.05, 3.63) is 23.5 Å². The van der Waals surface area contributed by atoms with Gasteiger partial charge >= 0.3 is 6.09 Å². The number of furan rings is 1. The van der Waals surface area contributed by atoms with Crippen molar-refractivity contribution >= 4 is 28.3 Å². The summed E-state index contributed by atoms with van der Waals surface area (Å²) in [6.45, 7) is 6.51. The summed E-state index contributed by atoms with van der Waals surface area (Å²) in [6, 6.07) is 1.74. The van der Waals surface area contributed by atoms with Gasteiger partial charge in [-0.05, 0) is 39.7 Å². The SMILES string of the molecule is CC(C)(C)OC(=O)Nc1nc(-c2ccoc2)c(C(=O)C2CCOCC2)s1. The summed E-state index contributed by atoms with van der Waals surface area (Å²) < 4.78 is 15.7. The maximum absolute atomic E-state index is 13.0. The molecule has 0 unspecified atom stereocenters. The highest BCUT2D eigenvalue weighted by Gasteiger charge is 2.29. The van der Waals surface area contributed by atoms with Crippen LogP contribution in [0.2, 0.25) is 0 Å². The van der Waals surface area contributed by atoms with E-state index in [2.05, 4.69) is 10.3 Å². The molecule has 0 atom stereocenters. The average Bonchev–Trinajstić information content (AvgIpc) is 3.22. The Labute approximate surface area is 155 Å². The second-order valence-corrected chi connectivity index (χ2v) is 8.09. The van der Waals surface area contributed by atoms with Gasteiger partial charge in [0.1, 0.15) is 10.5 Å². The number of carbonyl (C=O) groups is 2. The molecule has 7 nitrogen and oxygen atoms in total. The van der Waals surface area contributed by atoms with E-state index < -0.39 is 11.7 Å². The lowest BCUT2D eigenvalue weighted by molar-refractivity contribution is 0.0547. The summed E-state index contributed by atoms with van der Waals surface area (Å²) in [7, 11) is 0. The fraction of sp³-hybridized carbons (Fsp3) is 0.500. The number of ketones is 1. The molecule has 0 bridgehead atoms. The Hall–Kier alpha value is -2.19. The van der Waals surface area contributed by atoms with E-state index in [9.17, 15) is 9.59 Å². The van der Waals surface area contributed by atoms with Crippen LogP contribution < -0.4 is 5.32 Å². The van der Waals surface area contributed by atoms with Crippen LogP contribution in [0.5, 0.6) is 0 Å². The first kappa shape index (κ1) is 18.6. The van der Waals surface area contributed by atoms with E-state index in [1.165, 1.54) is 12.5 Å². The van der Waals surface area contributed by atoms with Gasteiger partial charge in [-0.3, -0.25) is 10.1 Å². The van der Waals surface area contributed by atoms with Crippen molar-refractivity contribution in [3.8, 4) is 11.3 Å². The van der Waals surface area contributed by atoms with Crippen LogP contribution in [0.4, 0.5) is 9.93 Å². The first-order valence-electron chi connectivity index (χ1n) is 8.49. The summed E-state index contributed by atoms with van der Waals surface area (Å²) in [6.07, 6.45) is 3.84. The van der Waals surface area contributed by atoms with Crippen molar-refractivity contribution in [2.75, 3.05) is 18.5 Å². The number of Topliss-reactive ketones (excluding diaryl/α,β-unsaturated/α-hetero) is 1. The third-order valence-corrected chi connectivity index (χ3v) is 4.83. The minimum absolute atomic E-state index is 0.0271. The molecule has 0 aromatic carbocycles.